The number of hydrogen-bond acceptors (Lipinski definition) is 6. The number of aliphatic hydroxyl groups excluding tert-OH is 1. The van der Waals surface area contributed by atoms with Crippen LogP contribution >= 0.6 is 0 Å². The topological polar surface area (TPSA) is 105 Å². The Bertz CT molecular complexity index is 1190. The molecule has 3 aromatic rings. The van der Waals surface area contributed by atoms with Gasteiger partial charge in [-0.05, 0) is 37.3 Å². The molecule has 0 saturated carbocycles. The summed E-state index contributed by atoms with van der Waals surface area (Å²) in [5.41, 5.74) is 0.566. The van der Waals surface area contributed by atoms with Crippen molar-refractivity contribution in [1.29, 1.82) is 0 Å². The Morgan fingerprint density at radius 1 is 1.26 bits per heavy atom. The molecule has 0 radical (unpaired) electrons. The highest BCUT2D eigenvalue weighted by Crippen LogP contribution is 2.25. The molecule has 0 aliphatic carbocycles. The molecule has 9 nitrogen and oxygen atoms in total. The van der Waals surface area contributed by atoms with E-state index in [4.69, 9.17) is 4.74 Å². The number of para-hydroxylation sites is 1. The summed E-state index contributed by atoms with van der Waals surface area (Å²) in [6.07, 6.45) is 1.19. The van der Waals surface area contributed by atoms with Crippen molar-refractivity contribution in [3.05, 3.63) is 50.7 Å². The third kappa shape index (κ3) is 4.23. The van der Waals surface area contributed by atoms with Crippen LogP contribution < -0.4 is 20.9 Å². The summed E-state index contributed by atoms with van der Waals surface area (Å²) in [6.45, 7) is 6.00. The number of aryl methyl sites for hydroxylation is 2. The van der Waals surface area contributed by atoms with Gasteiger partial charge in [0.05, 0.1) is 6.54 Å². The van der Waals surface area contributed by atoms with Crippen molar-refractivity contribution in [2.45, 2.75) is 39.3 Å². The number of imidazole rings is 1. The quantitative estimate of drug-likeness (QED) is 0.616. The summed E-state index contributed by atoms with van der Waals surface area (Å²) in [4.78, 5) is 33.9. The van der Waals surface area contributed by atoms with Crippen LogP contribution in [0.1, 0.15) is 25.3 Å². The minimum absolute atomic E-state index is 0.0741. The smallest absolute Gasteiger partial charge is 0.329 e. The first-order valence-corrected chi connectivity index (χ1v) is 10.7. The fourth-order valence-electron chi connectivity index (χ4n) is 4.01. The maximum Gasteiger partial charge on any atom is 0.329 e. The van der Waals surface area contributed by atoms with Gasteiger partial charge in [0.15, 0.2) is 11.2 Å². The number of piperidine rings is 1. The maximum atomic E-state index is 12.7. The van der Waals surface area contributed by atoms with Crippen LogP contribution in [0.15, 0.2) is 33.9 Å². The number of hydrogen-bond donors (Lipinski definition) is 2. The molecule has 1 fully saturated rings. The summed E-state index contributed by atoms with van der Waals surface area (Å²) in [5, 5.41) is 10.7. The van der Waals surface area contributed by atoms with E-state index in [9.17, 15) is 14.7 Å². The third-order valence-electron chi connectivity index (χ3n) is 5.97. The molecule has 1 aliphatic rings. The van der Waals surface area contributed by atoms with Crippen LogP contribution in [0.25, 0.3) is 11.2 Å². The van der Waals surface area contributed by atoms with E-state index in [-0.39, 0.29) is 18.7 Å². The first-order chi connectivity index (χ1) is 14.8. The summed E-state index contributed by atoms with van der Waals surface area (Å²) in [7, 11) is 1.58. The highest BCUT2D eigenvalue weighted by atomic mass is 16.5. The van der Waals surface area contributed by atoms with Crippen LogP contribution in [0.3, 0.4) is 0 Å². The van der Waals surface area contributed by atoms with Crippen molar-refractivity contribution in [3.8, 4) is 5.75 Å². The normalized spacial score (nSPS) is 16.1. The van der Waals surface area contributed by atoms with Crippen LogP contribution in [-0.4, -0.2) is 50.0 Å². The first-order valence-electron chi connectivity index (χ1n) is 10.7. The zero-order valence-corrected chi connectivity index (χ0v) is 18.2. The number of anilines is 1. The highest BCUT2D eigenvalue weighted by molar-refractivity contribution is 5.74. The predicted molar refractivity (Wildman–Crippen MR) is 119 cm³/mol. The Morgan fingerprint density at radius 2 is 1.97 bits per heavy atom. The summed E-state index contributed by atoms with van der Waals surface area (Å²) in [6, 6.07) is 7.61. The minimum Gasteiger partial charge on any atom is -0.491 e. The van der Waals surface area contributed by atoms with E-state index in [1.165, 1.54) is 4.57 Å². The van der Waals surface area contributed by atoms with Crippen LogP contribution in [0.4, 0.5) is 5.95 Å². The van der Waals surface area contributed by atoms with E-state index in [2.05, 4.69) is 21.8 Å². The Morgan fingerprint density at radius 3 is 2.68 bits per heavy atom. The second-order valence-corrected chi connectivity index (χ2v) is 8.41. The van der Waals surface area contributed by atoms with E-state index < -0.39 is 17.4 Å². The molecule has 0 unspecified atom stereocenters. The molecule has 0 bridgehead atoms. The Kier molecular flexibility index (Phi) is 5.86. The van der Waals surface area contributed by atoms with E-state index in [0.717, 1.165) is 31.5 Å². The lowest BCUT2D eigenvalue weighted by atomic mass is 10.00. The van der Waals surface area contributed by atoms with Crippen molar-refractivity contribution >= 4 is 17.1 Å². The molecule has 2 N–H and O–H groups in total. The molecule has 1 atom stereocenters. The van der Waals surface area contributed by atoms with Crippen LogP contribution in [0.2, 0.25) is 0 Å². The van der Waals surface area contributed by atoms with E-state index in [0.29, 0.717) is 23.3 Å². The van der Waals surface area contributed by atoms with Gasteiger partial charge in [-0.15, -0.1) is 0 Å². The molecule has 1 aliphatic heterocycles. The number of nitrogens with zero attached hydrogens (tertiary/aromatic N) is 4. The van der Waals surface area contributed by atoms with Gasteiger partial charge in [0, 0.05) is 20.1 Å². The largest absolute Gasteiger partial charge is 0.491 e. The molecule has 9 heteroatoms. The first kappa shape index (κ1) is 21.2. The number of rotatable bonds is 6. The molecular formula is C22H29N5O4. The number of benzene rings is 1. The standard InChI is InChI=1S/C22H29N5O4/c1-14-8-10-26(11-9-14)21-23-19-18(20(29)24-22(30)25(19)3)27(21)12-16(28)13-31-17-7-5-4-6-15(17)2/h4-7,14,16,28H,8-13H2,1-3H3,(H,24,29,30)/t16-/m0/s1. The van der Waals surface area contributed by atoms with Gasteiger partial charge in [-0.2, -0.15) is 4.98 Å². The van der Waals surface area contributed by atoms with Gasteiger partial charge in [0.1, 0.15) is 18.5 Å². The summed E-state index contributed by atoms with van der Waals surface area (Å²) in [5.74, 6) is 1.95. The van der Waals surface area contributed by atoms with Gasteiger partial charge < -0.3 is 19.3 Å². The summed E-state index contributed by atoms with van der Waals surface area (Å²) >= 11 is 0. The van der Waals surface area contributed by atoms with Gasteiger partial charge in [-0.3, -0.25) is 14.3 Å². The fraction of sp³-hybridized carbons (Fsp3) is 0.500. The van der Waals surface area contributed by atoms with Crippen LogP contribution in [0.5, 0.6) is 5.75 Å². The Labute approximate surface area is 179 Å². The Hall–Kier alpha value is -3.07. The third-order valence-corrected chi connectivity index (χ3v) is 5.97. The lowest BCUT2D eigenvalue weighted by Crippen LogP contribution is -2.36. The molecule has 166 valence electrons. The molecular weight excluding hydrogens is 398 g/mol. The van der Waals surface area contributed by atoms with Gasteiger partial charge in [-0.1, -0.05) is 25.1 Å². The number of aromatic nitrogens is 4. The molecule has 31 heavy (non-hydrogen) atoms. The van der Waals surface area contributed by atoms with E-state index in [1.54, 1.807) is 11.6 Å². The highest BCUT2D eigenvalue weighted by Gasteiger charge is 2.25. The van der Waals surface area contributed by atoms with Gasteiger partial charge >= 0.3 is 5.69 Å². The van der Waals surface area contributed by atoms with Crippen LogP contribution in [-0.2, 0) is 13.6 Å². The zero-order chi connectivity index (χ0) is 22.1. The average Bonchev–Trinajstić information content (AvgIpc) is 3.12. The van der Waals surface area contributed by atoms with Gasteiger partial charge in [0.2, 0.25) is 5.95 Å². The van der Waals surface area contributed by atoms with Crippen molar-refractivity contribution in [1.82, 2.24) is 19.1 Å². The molecule has 1 saturated heterocycles. The maximum absolute atomic E-state index is 12.7. The molecule has 1 aromatic carbocycles. The van der Waals surface area contributed by atoms with Crippen molar-refractivity contribution in [2.24, 2.45) is 13.0 Å². The molecule has 0 amide bonds. The second kappa shape index (κ2) is 8.58. The van der Waals surface area contributed by atoms with E-state index >= 15 is 0 Å². The Balaban J connectivity index is 1.67. The van der Waals surface area contributed by atoms with Crippen LogP contribution in [0, 0.1) is 12.8 Å². The monoisotopic (exact) mass is 427 g/mol. The number of H-pyrrole nitrogens is 1. The second-order valence-electron chi connectivity index (χ2n) is 8.41. The van der Waals surface area contributed by atoms with Gasteiger partial charge in [0.25, 0.3) is 5.56 Å². The number of nitrogens with one attached hydrogen (secondary N) is 1. The lowest BCUT2D eigenvalue weighted by molar-refractivity contribution is 0.0932. The number of aromatic amines is 1. The SMILES string of the molecule is Cc1ccccc1OC[C@@H](O)Cn1c(N2CCC(C)CC2)nc2c1c(=O)[nH]c(=O)n2C. The number of fused-ring (bicyclic) bond motifs is 1. The van der Waals surface area contributed by atoms with E-state index in [1.807, 2.05) is 31.2 Å². The fourth-order valence-corrected chi connectivity index (χ4v) is 4.01. The average molecular weight is 428 g/mol. The minimum atomic E-state index is -0.865. The number of ether oxygens (including phenoxy) is 1. The molecule has 4 rings (SSSR count). The zero-order valence-electron chi connectivity index (χ0n) is 18.2. The lowest BCUT2D eigenvalue weighted by Gasteiger charge is -2.31. The van der Waals surface area contributed by atoms with Gasteiger partial charge in [-0.25, -0.2) is 4.79 Å². The summed E-state index contributed by atoms with van der Waals surface area (Å²) < 4.78 is 8.84. The molecule has 2 aromatic heterocycles. The predicted octanol–water partition coefficient (Wildman–Crippen LogP) is 1.41. The van der Waals surface area contributed by atoms with Crippen molar-refractivity contribution < 1.29 is 9.84 Å². The molecule has 0 spiro atoms. The number of aliphatic hydroxyl groups is 1. The van der Waals surface area contributed by atoms with Crippen molar-refractivity contribution in [2.75, 3.05) is 24.6 Å². The van der Waals surface area contributed by atoms with Crippen molar-refractivity contribution in [3.63, 3.8) is 0 Å². The molecule has 3 heterocycles.